The van der Waals surface area contributed by atoms with E-state index < -0.39 is 28.5 Å². The molecule has 2 aromatic rings. The number of hydrogen-bond donors (Lipinski definition) is 4. The number of nitrogen functional groups attached to an aromatic ring is 1. The van der Waals surface area contributed by atoms with Crippen molar-refractivity contribution in [2.75, 3.05) is 11.1 Å². The standard InChI is InChI=1S/C16H16N4O5S/c17-11-4-6-12(7-5-11)18-16(23)19-14(9-15(21)22)10-2-1-3-13(8-10)20-26(24)25/h1-8,14H,9,17H2,(H,21,22)(H2,18,19,23). The van der Waals surface area contributed by atoms with Crippen LogP contribution in [0.1, 0.15) is 18.0 Å². The highest BCUT2D eigenvalue weighted by Crippen LogP contribution is 2.22. The zero-order valence-electron chi connectivity index (χ0n) is 13.4. The molecule has 0 saturated heterocycles. The van der Waals surface area contributed by atoms with Gasteiger partial charge in [-0.3, -0.25) is 4.79 Å². The first-order chi connectivity index (χ1) is 12.3. The molecular weight excluding hydrogens is 360 g/mol. The van der Waals surface area contributed by atoms with Gasteiger partial charge in [0.2, 0.25) is 0 Å². The quantitative estimate of drug-likeness (QED) is 0.568. The molecule has 26 heavy (non-hydrogen) atoms. The minimum atomic E-state index is -2.64. The topological polar surface area (TPSA) is 151 Å². The lowest BCUT2D eigenvalue weighted by atomic mass is 10.0. The Hall–Kier alpha value is -3.40. The van der Waals surface area contributed by atoms with E-state index in [1.807, 2.05) is 0 Å². The summed E-state index contributed by atoms with van der Waals surface area (Å²) in [6.07, 6.45) is -0.390. The summed E-state index contributed by atoms with van der Waals surface area (Å²) in [5.74, 6) is -1.13. The van der Waals surface area contributed by atoms with Gasteiger partial charge in [-0.05, 0) is 42.0 Å². The lowest BCUT2D eigenvalue weighted by Gasteiger charge is -2.18. The third-order valence-corrected chi connectivity index (χ3v) is 3.67. The monoisotopic (exact) mass is 376 g/mol. The second-order valence-electron chi connectivity index (χ2n) is 5.27. The molecule has 0 aliphatic carbocycles. The van der Waals surface area contributed by atoms with Crippen LogP contribution in [0.5, 0.6) is 0 Å². The van der Waals surface area contributed by atoms with Crippen LogP contribution >= 0.6 is 0 Å². The minimum absolute atomic E-state index is 0.131. The third-order valence-electron chi connectivity index (χ3n) is 3.31. The van der Waals surface area contributed by atoms with Crippen LogP contribution in [-0.2, 0) is 15.3 Å². The largest absolute Gasteiger partial charge is 0.481 e. The van der Waals surface area contributed by atoms with E-state index in [0.717, 1.165) is 0 Å². The first-order valence-electron chi connectivity index (χ1n) is 7.39. The lowest BCUT2D eigenvalue weighted by Crippen LogP contribution is -2.33. The smallest absolute Gasteiger partial charge is 0.319 e. The van der Waals surface area contributed by atoms with Crippen molar-refractivity contribution < 1.29 is 23.1 Å². The third kappa shape index (κ3) is 5.91. The number of nitrogens with zero attached hydrogens (tertiary/aromatic N) is 1. The number of amides is 2. The molecule has 0 bridgehead atoms. The summed E-state index contributed by atoms with van der Waals surface area (Å²) in [5, 5.41) is 14.2. The van der Waals surface area contributed by atoms with Crippen molar-refractivity contribution in [3.63, 3.8) is 0 Å². The molecule has 2 aromatic carbocycles. The van der Waals surface area contributed by atoms with Crippen molar-refractivity contribution in [1.29, 1.82) is 0 Å². The van der Waals surface area contributed by atoms with E-state index in [-0.39, 0.29) is 12.1 Å². The van der Waals surface area contributed by atoms with E-state index >= 15 is 0 Å². The number of urea groups is 1. The summed E-state index contributed by atoms with van der Waals surface area (Å²) >= 11 is 0. The lowest BCUT2D eigenvalue weighted by molar-refractivity contribution is -0.137. The molecule has 0 fully saturated rings. The summed E-state index contributed by atoms with van der Waals surface area (Å²) in [4.78, 5) is 23.3. The van der Waals surface area contributed by atoms with Crippen molar-refractivity contribution in [2.45, 2.75) is 12.5 Å². The first kappa shape index (κ1) is 18.9. The Bertz CT molecular complexity index is 933. The minimum Gasteiger partial charge on any atom is -0.481 e. The van der Waals surface area contributed by atoms with Crippen LogP contribution in [0, 0.1) is 0 Å². The number of aliphatic carboxylic acids is 1. The fraction of sp³-hybridized carbons (Fsp3) is 0.125. The van der Waals surface area contributed by atoms with E-state index in [4.69, 9.17) is 10.8 Å². The average Bonchev–Trinajstić information content (AvgIpc) is 2.55. The number of benzene rings is 2. The van der Waals surface area contributed by atoms with Gasteiger partial charge in [0.15, 0.2) is 0 Å². The molecular formula is C16H16N4O5S. The van der Waals surface area contributed by atoms with Crippen molar-refractivity contribution in [3.8, 4) is 0 Å². The Balaban J connectivity index is 2.19. The zero-order chi connectivity index (χ0) is 19.1. The molecule has 5 N–H and O–H groups in total. The number of carbonyl (C=O) groups excluding carboxylic acids is 1. The number of carbonyl (C=O) groups is 2. The first-order valence-corrected chi connectivity index (χ1v) is 8.42. The Morgan fingerprint density at radius 1 is 1.15 bits per heavy atom. The maximum atomic E-state index is 12.2. The van der Waals surface area contributed by atoms with Gasteiger partial charge in [0.25, 0.3) is 0 Å². The normalized spacial score (nSPS) is 11.2. The van der Waals surface area contributed by atoms with Crippen LogP contribution < -0.4 is 16.4 Å². The van der Waals surface area contributed by atoms with Crippen molar-refractivity contribution in [3.05, 3.63) is 54.1 Å². The summed E-state index contributed by atoms with van der Waals surface area (Å²) in [6.45, 7) is 0. The van der Waals surface area contributed by atoms with Crippen LogP contribution in [0.25, 0.3) is 0 Å². The number of carboxylic acids is 1. The van der Waals surface area contributed by atoms with Crippen molar-refractivity contribution >= 4 is 39.6 Å². The van der Waals surface area contributed by atoms with Gasteiger partial charge in [0.1, 0.15) is 0 Å². The number of hydrogen-bond acceptors (Lipinski definition) is 6. The molecule has 136 valence electrons. The van der Waals surface area contributed by atoms with Crippen LogP contribution in [-0.4, -0.2) is 25.5 Å². The van der Waals surface area contributed by atoms with Crippen LogP contribution in [0.15, 0.2) is 52.9 Å². The van der Waals surface area contributed by atoms with Gasteiger partial charge in [-0.25, -0.2) is 4.79 Å². The number of carboxylic acid groups (broad SMARTS) is 1. The Morgan fingerprint density at radius 2 is 1.85 bits per heavy atom. The summed E-state index contributed by atoms with van der Waals surface area (Å²) in [7, 11) is -2.64. The Morgan fingerprint density at radius 3 is 2.46 bits per heavy atom. The van der Waals surface area contributed by atoms with Gasteiger partial charge in [-0.15, -0.1) is 4.36 Å². The van der Waals surface area contributed by atoms with E-state index in [9.17, 15) is 18.0 Å². The zero-order valence-corrected chi connectivity index (χ0v) is 14.2. The highest BCUT2D eigenvalue weighted by molar-refractivity contribution is 7.61. The van der Waals surface area contributed by atoms with Crippen molar-refractivity contribution in [2.24, 2.45) is 4.36 Å². The second-order valence-corrected chi connectivity index (χ2v) is 5.89. The summed E-state index contributed by atoms with van der Waals surface area (Å²) in [5.41, 5.74) is 7.13. The van der Waals surface area contributed by atoms with E-state index in [0.29, 0.717) is 16.9 Å². The van der Waals surface area contributed by atoms with E-state index in [1.54, 1.807) is 30.3 Å². The highest BCUT2D eigenvalue weighted by Gasteiger charge is 2.18. The van der Waals surface area contributed by atoms with Gasteiger partial charge in [0, 0.05) is 11.4 Å². The van der Waals surface area contributed by atoms with E-state index in [2.05, 4.69) is 15.0 Å². The predicted molar refractivity (Wildman–Crippen MR) is 95.5 cm³/mol. The molecule has 2 rings (SSSR count). The molecule has 0 aliphatic rings. The predicted octanol–water partition coefficient (Wildman–Crippen LogP) is 2.30. The molecule has 2 amide bonds. The molecule has 1 atom stereocenters. The van der Waals surface area contributed by atoms with Gasteiger partial charge in [0.05, 0.1) is 18.2 Å². The molecule has 9 nitrogen and oxygen atoms in total. The molecule has 0 aromatic heterocycles. The highest BCUT2D eigenvalue weighted by atomic mass is 32.2. The van der Waals surface area contributed by atoms with Gasteiger partial charge >= 0.3 is 22.5 Å². The van der Waals surface area contributed by atoms with E-state index in [1.165, 1.54) is 18.2 Å². The van der Waals surface area contributed by atoms with Crippen LogP contribution in [0.4, 0.5) is 21.9 Å². The number of anilines is 2. The fourth-order valence-corrected chi connectivity index (χ4v) is 2.49. The van der Waals surface area contributed by atoms with Gasteiger partial charge in [-0.1, -0.05) is 12.1 Å². The maximum absolute atomic E-state index is 12.2. The maximum Gasteiger partial charge on any atom is 0.319 e. The molecule has 0 saturated carbocycles. The molecule has 0 heterocycles. The molecule has 0 radical (unpaired) electrons. The van der Waals surface area contributed by atoms with Crippen LogP contribution in [0.2, 0.25) is 0 Å². The SMILES string of the molecule is Nc1ccc(NC(=O)NC(CC(=O)O)c2cccc(N=S(=O)=O)c2)cc1. The summed E-state index contributed by atoms with van der Waals surface area (Å²) in [6, 6.07) is 10.9. The molecule has 0 aliphatic heterocycles. The van der Waals surface area contributed by atoms with Gasteiger partial charge in [-0.2, -0.15) is 8.42 Å². The van der Waals surface area contributed by atoms with Crippen LogP contribution in [0.3, 0.4) is 0 Å². The summed E-state index contributed by atoms with van der Waals surface area (Å²) < 4.78 is 24.7. The molecule has 10 heteroatoms. The average molecular weight is 376 g/mol. The number of nitrogens with two attached hydrogens (primary N) is 1. The Kier molecular flexibility index (Phi) is 6.28. The van der Waals surface area contributed by atoms with Gasteiger partial charge < -0.3 is 21.5 Å². The fourth-order valence-electron chi connectivity index (χ4n) is 2.20. The van der Waals surface area contributed by atoms with Crippen molar-refractivity contribution in [1.82, 2.24) is 5.32 Å². The molecule has 1 unspecified atom stereocenters. The second kappa shape index (κ2) is 8.62. The number of rotatable bonds is 6. The molecule has 0 spiro atoms. The Labute approximate surface area is 150 Å². The number of nitrogens with one attached hydrogen (secondary N) is 2.